The van der Waals surface area contributed by atoms with Crippen molar-refractivity contribution in [1.82, 2.24) is 19.4 Å². The second-order valence-electron chi connectivity index (χ2n) is 7.09. The van der Waals surface area contributed by atoms with E-state index in [1.165, 1.54) is 10.4 Å². The van der Waals surface area contributed by atoms with Gasteiger partial charge in [0.2, 0.25) is 5.91 Å². The van der Waals surface area contributed by atoms with Gasteiger partial charge in [0.1, 0.15) is 10.8 Å². The van der Waals surface area contributed by atoms with Crippen LogP contribution >= 0.6 is 11.3 Å². The monoisotopic (exact) mass is 474 g/mol. The van der Waals surface area contributed by atoms with Gasteiger partial charge in [0.15, 0.2) is 0 Å². The van der Waals surface area contributed by atoms with Gasteiger partial charge >= 0.3 is 0 Å². The van der Waals surface area contributed by atoms with Crippen molar-refractivity contribution in [3.8, 4) is 11.3 Å². The summed E-state index contributed by atoms with van der Waals surface area (Å²) < 4.78 is 33.4. The topological polar surface area (TPSA) is 111 Å². The number of nitrogens with one attached hydrogen (secondary N) is 1. The summed E-state index contributed by atoms with van der Waals surface area (Å²) in [4.78, 5) is 25.2. The zero-order valence-electron chi connectivity index (χ0n) is 17.1. The number of hydrogen-bond donors (Lipinski definition) is 1. The minimum absolute atomic E-state index is 0.162. The van der Waals surface area contributed by atoms with Crippen molar-refractivity contribution in [2.45, 2.75) is 17.3 Å². The van der Waals surface area contributed by atoms with Crippen LogP contribution in [0.4, 0.5) is 0 Å². The highest BCUT2D eigenvalue weighted by molar-refractivity contribution is 7.91. The summed E-state index contributed by atoms with van der Waals surface area (Å²) in [6.45, 7) is 1.35. The largest absolute Gasteiger partial charge is 0.379 e. The molecule has 1 aliphatic heterocycles. The van der Waals surface area contributed by atoms with Crippen LogP contribution in [0.3, 0.4) is 0 Å². The Morgan fingerprint density at radius 3 is 2.56 bits per heavy atom. The molecule has 3 heterocycles. The quantitative estimate of drug-likeness (QED) is 0.553. The zero-order valence-corrected chi connectivity index (χ0v) is 18.8. The van der Waals surface area contributed by atoms with Crippen LogP contribution in [0.1, 0.15) is 4.88 Å². The van der Waals surface area contributed by atoms with Crippen molar-refractivity contribution in [1.29, 1.82) is 0 Å². The van der Waals surface area contributed by atoms with Gasteiger partial charge in [0, 0.05) is 29.6 Å². The number of nitrogens with zero attached hydrogens (tertiary/aromatic N) is 3. The van der Waals surface area contributed by atoms with Gasteiger partial charge in [-0.1, -0.05) is 30.3 Å². The Morgan fingerprint density at radius 2 is 1.81 bits per heavy atom. The van der Waals surface area contributed by atoms with Crippen LogP contribution in [-0.4, -0.2) is 54.7 Å². The molecule has 9 nitrogen and oxygen atoms in total. The van der Waals surface area contributed by atoms with Crippen LogP contribution in [0.25, 0.3) is 11.3 Å². The van der Waals surface area contributed by atoms with Crippen molar-refractivity contribution < 1.29 is 17.9 Å². The van der Waals surface area contributed by atoms with Gasteiger partial charge in [-0.3, -0.25) is 9.59 Å². The van der Waals surface area contributed by atoms with Crippen LogP contribution in [0.15, 0.2) is 63.6 Å². The van der Waals surface area contributed by atoms with E-state index >= 15 is 0 Å². The van der Waals surface area contributed by atoms with Gasteiger partial charge < -0.3 is 10.1 Å². The fourth-order valence-electron chi connectivity index (χ4n) is 3.21. The lowest BCUT2D eigenvalue weighted by Gasteiger charge is -2.25. The molecule has 1 N–H and O–H groups in total. The van der Waals surface area contributed by atoms with E-state index in [0.717, 1.165) is 21.6 Å². The third-order valence-electron chi connectivity index (χ3n) is 4.89. The van der Waals surface area contributed by atoms with Crippen molar-refractivity contribution >= 4 is 27.3 Å². The number of amides is 1. The van der Waals surface area contributed by atoms with E-state index < -0.39 is 15.9 Å². The number of rotatable bonds is 7. The van der Waals surface area contributed by atoms with Gasteiger partial charge in [0.25, 0.3) is 15.6 Å². The van der Waals surface area contributed by atoms with E-state index in [1.807, 2.05) is 30.3 Å². The fourth-order valence-corrected chi connectivity index (χ4v) is 6.07. The lowest BCUT2D eigenvalue weighted by atomic mass is 10.1. The maximum absolute atomic E-state index is 12.7. The molecule has 0 aliphatic carbocycles. The SMILES string of the molecule is O=C(Cn1nc(-c2ccccc2)ccc1=O)NCc1ccc(S(=O)(=O)N2CCOCC2)s1. The molecule has 0 bridgehead atoms. The molecule has 3 aromatic rings. The molecule has 0 radical (unpaired) electrons. The molecule has 2 aromatic heterocycles. The normalized spacial score (nSPS) is 14.9. The first-order valence-corrected chi connectivity index (χ1v) is 12.3. The molecule has 0 atom stereocenters. The van der Waals surface area contributed by atoms with Gasteiger partial charge in [-0.05, 0) is 18.2 Å². The summed E-state index contributed by atoms with van der Waals surface area (Å²) in [7, 11) is -3.56. The first-order chi connectivity index (χ1) is 15.4. The van der Waals surface area contributed by atoms with E-state index in [0.29, 0.717) is 36.9 Å². The Hall–Kier alpha value is -2.86. The first kappa shape index (κ1) is 22.3. The highest BCUT2D eigenvalue weighted by atomic mass is 32.2. The second-order valence-corrected chi connectivity index (χ2v) is 10.4. The van der Waals surface area contributed by atoms with Gasteiger partial charge in [-0.15, -0.1) is 11.3 Å². The first-order valence-electron chi connectivity index (χ1n) is 10.0. The maximum atomic E-state index is 12.7. The van der Waals surface area contributed by atoms with Gasteiger partial charge in [-0.25, -0.2) is 13.1 Å². The summed E-state index contributed by atoms with van der Waals surface area (Å²) >= 11 is 1.12. The molecule has 1 fully saturated rings. The number of benzene rings is 1. The summed E-state index contributed by atoms with van der Waals surface area (Å²) in [5.41, 5.74) is 1.05. The Morgan fingerprint density at radius 1 is 1.06 bits per heavy atom. The molecule has 4 rings (SSSR count). The van der Waals surface area contributed by atoms with Crippen molar-refractivity contribution in [3.05, 3.63) is 69.8 Å². The third-order valence-corrected chi connectivity index (χ3v) is 8.34. The van der Waals surface area contributed by atoms with Gasteiger partial charge in [-0.2, -0.15) is 9.40 Å². The standard InChI is InChI=1S/C21H22N4O5S2/c26-19(15-25-20(27)8-7-18(23-25)16-4-2-1-3-5-16)22-14-17-6-9-21(31-17)32(28,29)24-10-12-30-13-11-24/h1-9H,10-15H2,(H,22,26). The van der Waals surface area contributed by atoms with Crippen LogP contribution in [0, 0.1) is 0 Å². The van der Waals surface area contributed by atoms with E-state index in [4.69, 9.17) is 4.74 Å². The lowest BCUT2D eigenvalue weighted by molar-refractivity contribution is -0.122. The van der Waals surface area contributed by atoms with Crippen molar-refractivity contribution in [2.75, 3.05) is 26.3 Å². The maximum Gasteiger partial charge on any atom is 0.267 e. The fraction of sp³-hybridized carbons (Fsp3) is 0.286. The second kappa shape index (κ2) is 9.74. The van der Waals surface area contributed by atoms with E-state index in [9.17, 15) is 18.0 Å². The minimum atomic E-state index is -3.56. The number of sulfonamides is 1. The predicted molar refractivity (Wildman–Crippen MR) is 120 cm³/mol. The molecule has 0 spiro atoms. The molecule has 168 valence electrons. The van der Waals surface area contributed by atoms with E-state index in [1.54, 1.807) is 18.2 Å². The Balaban J connectivity index is 1.38. The van der Waals surface area contributed by atoms with E-state index in [-0.39, 0.29) is 22.9 Å². The molecule has 32 heavy (non-hydrogen) atoms. The summed E-state index contributed by atoms with van der Waals surface area (Å²) in [5.74, 6) is -0.393. The highest BCUT2D eigenvalue weighted by Crippen LogP contribution is 2.25. The molecular formula is C21H22N4O5S2. The number of carbonyl (C=O) groups excluding carboxylic acids is 1. The summed E-state index contributed by atoms with van der Waals surface area (Å²) in [6.07, 6.45) is 0. The number of aromatic nitrogens is 2. The lowest BCUT2D eigenvalue weighted by Crippen LogP contribution is -2.40. The molecule has 1 saturated heterocycles. The number of thiophene rings is 1. The smallest absolute Gasteiger partial charge is 0.267 e. The number of ether oxygens (including phenoxy) is 1. The molecule has 1 aromatic carbocycles. The van der Waals surface area contributed by atoms with Crippen molar-refractivity contribution in [3.63, 3.8) is 0 Å². The van der Waals surface area contributed by atoms with Crippen LogP contribution in [0.5, 0.6) is 0 Å². The van der Waals surface area contributed by atoms with E-state index in [2.05, 4.69) is 10.4 Å². The van der Waals surface area contributed by atoms with Gasteiger partial charge in [0.05, 0.1) is 25.5 Å². The molecule has 0 saturated carbocycles. The molecule has 1 aliphatic rings. The predicted octanol–water partition coefficient (Wildman–Crippen LogP) is 1.31. The molecule has 0 unspecified atom stereocenters. The van der Waals surface area contributed by atoms with Crippen LogP contribution < -0.4 is 10.9 Å². The summed E-state index contributed by atoms with van der Waals surface area (Å²) in [5, 5.41) is 7.00. The average Bonchev–Trinajstić information content (AvgIpc) is 3.30. The number of carbonyl (C=O) groups is 1. The molecule has 11 heteroatoms. The Kier molecular flexibility index (Phi) is 6.80. The zero-order chi connectivity index (χ0) is 22.6. The van der Waals surface area contributed by atoms with Crippen molar-refractivity contribution in [2.24, 2.45) is 0 Å². The number of morpholine rings is 1. The Bertz CT molecular complexity index is 1250. The third kappa shape index (κ3) is 5.13. The molecule has 1 amide bonds. The Labute approximate surface area is 189 Å². The minimum Gasteiger partial charge on any atom is -0.379 e. The summed E-state index contributed by atoms with van der Waals surface area (Å²) in [6, 6.07) is 15.6. The number of hydrogen-bond acceptors (Lipinski definition) is 7. The average molecular weight is 475 g/mol. The highest BCUT2D eigenvalue weighted by Gasteiger charge is 2.27. The van der Waals surface area contributed by atoms with Crippen LogP contribution in [-0.2, 0) is 32.6 Å². The molecular weight excluding hydrogens is 452 g/mol. The van der Waals surface area contributed by atoms with Crippen LogP contribution in [0.2, 0.25) is 0 Å².